The van der Waals surface area contributed by atoms with Crippen LogP contribution in [0.25, 0.3) is 0 Å². The monoisotopic (exact) mass is 290 g/mol. The molecule has 0 radical (unpaired) electrons. The molecule has 0 fully saturated rings. The highest BCUT2D eigenvalue weighted by atomic mass is 16.2. The molecule has 0 aliphatic heterocycles. The number of carbonyl (C=O) groups is 1. The molecule has 116 valence electrons. The molecule has 0 aliphatic rings. The summed E-state index contributed by atoms with van der Waals surface area (Å²) in [4.78, 5) is 17.7. The van der Waals surface area contributed by atoms with Crippen molar-refractivity contribution < 1.29 is 4.79 Å². The van der Waals surface area contributed by atoms with Crippen LogP contribution < -0.4 is 10.6 Å². The van der Waals surface area contributed by atoms with Crippen LogP contribution in [0.1, 0.15) is 25.3 Å². The Balaban J connectivity index is 2.48. The fraction of sp³-hybridized carbons (Fsp3) is 0.500. The Kier molecular flexibility index (Phi) is 7.94. The summed E-state index contributed by atoms with van der Waals surface area (Å²) in [6, 6.07) is 10.1. The molecule has 21 heavy (non-hydrogen) atoms. The Labute approximate surface area is 127 Å². The number of amides is 1. The SMILES string of the molecule is CCCNC(=NCc1ccccc1)NCCC(=O)N(C)C. The van der Waals surface area contributed by atoms with Crippen molar-refractivity contribution >= 4 is 11.9 Å². The summed E-state index contributed by atoms with van der Waals surface area (Å²) in [5, 5.41) is 6.46. The smallest absolute Gasteiger partial charge is 0.223 e. The molecule has 1 rings (SSSR count). The minimum Gasteiger partial charge on any atom is -0.356 e. The quantitative estimate of drug-likeness (QED) is 0.592. The Morgan fingerprint density at radius 2 is 1.81 bits per heavy atom. The summed E-state index contributed by atoms with van der Waals surface area (Å²) in [5.41, 5.74) is 1.17. The first kappa shape index (κ1) is 17.0. The van der Waals surface area contributed by atoms with Crippen molar-refractivity contribution in [3.8, 4) is 0 Å². The third-order valence-corrected chi connectivity index (χ3v) is 2.94. The highest BCUT2D eigenvalue weighted by molar-refractivity contribution is 5.81. The predicted molar refractivity (Wildman–Crippen MR) is 87.2 cm³/mol. The van der Waals surface area contributed by atoms with Gasteiger partial charge < -0.3 is 15.5 Å². The molecule has 0 atom stereocenters. The lowest BCUT2D eigenvalue weighted by molar-refractivity contribution is -0.128. The summed E-state index contributed by atoms with van der Waals surface area (Å²) >= 11 is 0. The second-order valence-corrected chi connectivity index (χ2v) is 5.04. The van der Waals surface area contributed by atoms with Crippen LogP contribution in [-0.4, -0.2) is 44.0 Å². The van der Waals surface area contributed by atoms with E-state index in [9.17, 15) is 4.79 Å². The molecule has 0 heterocycles. The van der Waals surface area contributed by atoms with Crippen LogP contribution in [0.3, 0.4) is 0 Å². The fourth-order valence-electron chi connectivity index (χ4n) is 1.68. The number of benzene rings is 1. The van der Waals surface area contributed by atoms with E-state index in [0.29, 0.717) is 19.5 Å². The molecule has 1 amide bonds. The predicted octanol–water partition coefficient (Wildman–Crippen LogP) is 1.61. The van der Waals surface area contributed by atoms with Gasteiger partial charge in [-0.15, -0.1) is 0 Å². The first-order valence-electron chi connectivity index (χ1n) is 7.39. The van der Waals surface area contributed by atoms with E-state index in [1.807, 2.05) is 18.2 Å². The maximum absolute atomic E-state index is 11.5. The molecule has 5 nitrogen and oxygen atoms in total. The van der Waals surface area contributed by atoms with Gasteiger partial charge in [-0.1, -0.05) is 37.3 Å². The van der Waals surface area contributed by atoms with E-state index < -0.39 is 0 Å². The number of hydrogen-bond donors (Lipinski definition) is 2. The van der Waals surface area contributed by atoms with Gasteiger partial charge in [-0.2, -0.15) is 0 Å². The number of aliphatic imine (C=N–C) groups is 1. The van der Waals surface area contributed by atoms with E-state index in [-0.39, 0.29) is 5.91 Å². The lowest BCUT2D eigenvalue weighted by Crippen LogP contribution is -2.39. The molecule has 0 saturated heterocycles. The molecule has 0 aliphatic carbocycles. The van der Waals surface area contributed by atoms with Gasteiger partial charge in [0.2, 0.25) is 5.91 Å². The molecule has 0 bridgehead atoms. The van der Waals surface area contributed by atoms with Crippen molar-refractivity contribution in [3.05, 3.63) is 35.9 Å². The van der Waals surface area contributed by atoms with Gasteiger partial charge in [-0.05, 0) is 12.0 Å². The van der Waals surface area contributed by atoms with Gasteiger partial charge in [0.05, 0.1) is 6.54 Å². The van der Waals surface area contributed by atoms with Gasteiger partial charge in [-0.25, -0.2) is 4.99 Å². The molecule has 2 N–H and O–H groups in total. The third-order valence-electron chi connectivity index (χ3n) is 2.94. The number of carbonyl (C=O) groups excluding carboxylic acids is 1. The summed E-state index contributed by atoms with van der Waals surface area (Å²) in [6.07, 6.45) is 1.49. The number of hydrogen-bond acceptors (Lipinski definition) is 2. The summed E-state index contributed by atoms with van der Waals surface area (Å²) < 4.78 is 0. The van der Waals surface area contributed by atoms with E-state index >= 15 is 0 Å². The molecular weight excluding hydrogens is 264 g/mol. The highest BCUT2D eigenvalue weighted by Gasteiger charge is 2.04. The Bertz CT molecular complexity index is 443. The van der Waals surface area contributed by atoms with E-state index in [2.05, 4.69) is 34.7 Å². The Hall–Kier alpha value is -2.04. The van der Waals surface area contributed by atoms with Crippen LogP contribution in [0.5, 0.6) is 0 Å². The van der Waals surface area contributed by atoms with Crippen molar-refractivity contribution in [3.63, 3.8) is 0 Å². The molecule has 1 aromatic rings. The molecule has 0 aromatic heterocycles. The summed E-state index contributed by atoms with van der Waals surface area (Å²) in [5.74, 6) is 0.868. The maximum atomic E-state index is 11.5. The normalized spacial score (nSPS) is 11.1. The third kappa shape index (κ3) is 7.34. The zero-order valence-corrected chi connectivity index (χ0v) is 13.2. The lowest BCUT2D eigenvalue weighted by Gasteiger charge is -2.14. The van der Waals surface area contributed by atoms with Crippen molar-refractivity contribution in [1.82, 2.24) is 15.5 Å². The van der Waals surface area contributed by atoms with Crippen molar-refractivity contribution in [1.29, 1.82) is 0 Å². The average Bonchev–Trinajstić information content (AvgIpc) is 2.50. The second-order valence-electron chi connectivity index (χ2n) is 5.04. The van der Waals surface area contributed by atoms with Gasteiger partial charge in [0.15, 0.2) is 5.96 Å². The topological polar surface area (TPSA) is 56.7 Å². The van der Waals surface area contributed by atoms with Gasteiger partial charge in [0, 0.05) is 33.6 Å². The molecular formula is C16H26N4O. The van der Waals surface area contributed by atoms with Crippen molar-refractivity contribution in [2.45, 2.75) is 26.3 Å². The largest absolute Gasteiger partial charge is 0.356 e. The fourth-order valence-corrected chi connectivity index (χ4v) is 1.68. The highest BCUT2D eigenvalue weighted by Crippen LogP contribution is 1.99. The van der Waals surface area contributed by atoms with Gasteiger partial charge in [-0.3, -0.25) is 4.79 Å². The molecule has 0 saturated carbocycles. The Morgan fingerprint density at radius 1 is 1.14 bits per heavy atom. The number of rotatable bonds is 7. The van der Waals surface area contributed by atoms with Crippen molar-refractivity contribution in [2.75, 3.05) is 27.2 Å². The molecule has 0 unspecified atom stereocenters. The lowest BCUT2D eigenvalue weighted by atomic mass is 10.2. The standard InChI is InChI=1S/C16H26N4O/c1-4-11-17-16(18-12-10-15(21)20(2)3)19-13-14-8-6-5-7-9-14/h5-9H,4,10-13H2,1-3H3,(H2,17,18,19). The van der Waals surface area contributed by atoms with E-state index in [1.165, 1.54) is 5.56 Å². The Morgan fingerprint density at radius 3 is 2.43 bits per heavy atom. The number of nitrogens with zero attached hydrogens (tertiary/aromatic N) is 2. The van der Waals surface area contributed by atoms with Crippen LogP contribution >= 0.6 is 0 Å². The maximum Gasteiger partial charge on any atom is 0.223 e. The van der Waals surface area contributed by atoms with Gasteiger partial charge in [0.1, 0.15) is 0 Å². The first-order chi connectivity index (χ1) is 10.1. The van der Waals surface area contributed by atoms with Crippen LogP contribution in [0, 0.1) is 0 Å². The summed E-state index contributed by atoms with van der Waals surface area (Å²) in [6.45, 7) is 4.18. The number of guanidine groups is 1. The average molecular weight is 290 g/mol. The van der Waals surface area contributed by atoms with Crippen LogP contribution in [0.15, 0.2) is 35.3 Å². The summed E-state index contributed by atoms with van der Waals surface area (Å²) in [7, 11) is 3.53. The van der Waals surface area contributed by atoms with Crippen molar-refractivity contribution in [2.24, 2.45) is 4.99 Å². The van der Waals surface area contributed by atoms with E-state index in [0.717, 1.165) is 18.9 Å². The molecule has 1 aromatic carbocycles. The van der Waals surface area contributed by atoms with Gasteiger partial charge in [0.25, 0.3) is 0 Å². The zero-order valence-electron chi connectivity index (χ0n) is 13.2. The van der Waals surface area contributed by atoms with Crippen LogP contribution in [0.4, 0.5) is 0 Å². The van der Waals surface area contributed by atoms with Crippen LogP contribution in [0.2, 0.25) is 0 Å². The minimum atomic E-state index is 0.111. The zero-order chi connectivity index (χ0) is 15.5. The minimum absolute atomic E-state index is 0.111. The van der Waals surface area contributed by atoms with E-state index in [1.54, 1.807) is 19.0 Å². The molecule has 0 spiro atoms. The first-order valence-corrected chi connectivity index (χ1v) is 7.39. The molecule has 5 heteroatoms. The van der Waals surface area contributed by atoms with Crippen LogP contribution in [-0.2, 0) is 11.3 Å². The second kappa shape index (κ2) is 9.80. The number of nitrogens with one attached hydrogen (secondary N) is 2. The van der Waals surface area contributed by atoms with E-state index in [4.69, 9.17) is 0 Å². The van der Waals surface area contributed by atoms with Gasteiger partial charge >= 0.3 is 0 Å².